The van der Waals surface area contributed by atoms with Crippen molar-refractivity contribution < 1.29 is 9.53 Å². The second-order valence-electron chi connectivity index (χ2n) is 3.24. The van der Waals surface area contributed by atoms with E-state index in [1.807, 2.05) is 42.6 Å². The normalized spacial score (nSPS) is 10.1. The molecule has 2 nitrogen and oxygen atoms in total. The monoisotopic (exact) mass is 232 g/mol. The van der Waals surface area contributed by atoms with Gasteiger partial charge in [-0.2, -0.15) is 0 Å². The summed E-state index contributed by atoms with van der Waals surface area (Å²) < 4.78 is 5.03. The van der Waals surface area contributed by atoms with Crippen molar-refractivity contribution in [3.8, 4) is 10.4 Å². The molecular weight excluding hydrogens is 220 g/mol. The lowest BCUT2D eigenvalue weighted by Gasteiger charge is -2.06. The maximum absolute atomic E-state index is 11.7. The Morgan fingerprint density at radius 3 is 2.75 bits per heavy atom. The third-order valence-corrected chi connectivity index (χ3v) is 3.11. The average molecular weight is 232 g/mol. The van der Waals surface area contributed by atoms with Gasteiger partial charge in [0.2, 0.25) is 0 Å². The Morgan fingerprint density at radius 1 is 1.25 bits per heavy atom. The molecule has 1 heterocycles. The van der Waals surface area contributed by atoms with Gasteiger partial charge in [-0.05, 0) is 24.4 Å². The molecule has 0 fully saturated rings. The molecule has 2 rings (SSSR count). The van der Waals surface area contributed by atoms with E-state index in [9.17, 15) is 4.79 Å². The van der Waals surface area contributed by atoms with Crippen molar-refractivity contribution in [2.45, 2.75) is 6.92 Å². The first-order chi connectivity index (χ1) is 7.83. The summed E-state index contributed by atoms with van der Waals surface area (Å²) in [7, 11) is 0. The third-order valence-electron chi connectivity index (χ3n) is 2.21. The number of esters is 1. The summed E-state index contributed by atoms with van der Waals surface area (Å²) in [6.07, 6.45) is 0. The fourth-order valence-electron chi connectivity index (χ4n) is 1.52. The summed E-state index contributed by atoms with van der Waals surface area (Å²) in [5.74, 6) is -0.258. The Bertz CT molecular complexity index is 474. The fourth-order valence-corrected chi connectivity index (χ4v) is 2.28. The molecule has 0 atom stereocenters. The molecular formula is C13H12O2S. The number of hydrogen-bond acceptors (Lipinski definition) is 3. The summed E-state index contributed by atoms with van der Waals surface area (Å²) in [6.45, 7) is 2.21. The van der Waals surface area contributed by atoms with Crippen LogP contribution in [0.2, 0.25) is 0 Å². The molecule has 0 saturated heterocycles. The Labute approximate surface area is 98.5 Å². The average Bonchev–Trinajstić information content (AvgIpc) is 2.83. The molecule has 0 radical (unpaired) electrons. The zero-order chi connectivity index (χ0) is 11.4. The first kappa shape index (κ1) is 10.9. The van der Waals surface area contributed by atoms with Gasteiger partial charge in [0.1, 0.15) is 0 Å². The molecule has 0 amide bonds. The SMILES string of the molecule is CCOC(=O)c1ccccc1-c1cccs1. The van der Waals surface area contributed by atoms with Crippen molar-refractivity contribution in [3.63, 3.8) is 0 Å². The smallest absolute Gasteiger partial charge is 0.338 e. The molecule has 0 unspecified atom stereocenters. The molecule has 2 aromatic rings. The second kappa shape index (κ2) is 4.94. The van der Waals surface area contributed by atoms with Crippen LogP contribution in [0.3, 0.4) is 0 Å². The van der Waals surface area contributed by atoms with Crippen LogP contribution in [0, 0.1) is 0 Å². The molecule has 1 aromatic carbocycles. The maximum atomic E-state index is 11.7. The first-order valence-electron chi connectivity index (χ1n) is 5.13. The molecule has 0 N–H and O–H groups in total. The van der Waals surface area contributed by atoms with E-state index in [2.05, 4.69) is 0 Å². The minimum Gasteiger partial charge on any atom is -0.462 e. The van der Waals surface area contributed by atoms with E-state index in [1.165, 1.54) is 0 Å². The van der Waals surface area contributed by atoms with Gasteiger partial charge in [0.25, 0.3) is 0 Å². The minimum absolute atomic E-state index is 0.258. The van der Waals surface area contributed by atoms with E-state index >= 15 is 0 Å². The van der Waals surface area contributed by atoms with E-state index < -0.39 is 0 Å². The lowest BCUT2D eigenvalue weighted by Crippen LogP contribution is -2.05. The summed E-state index contributed by atoms with van der Waals surface area (Å²) in [6, 6.07) is 11.5. The molecule has 0 aliphatic rings. The van der Waals surface area contributed by atoms with Crippen LogP contribution >= 0.6 is 11.3 Å². The Morgan fingerprint density at radius 2 is 2.06 bits per heavy atom. The van der Waals surface area contributed by atoms with Crippen LogP contribution in [0.25, 0.3) is 10.4 Å². The van der Waals surface area contributed by atoms with Crippen LogP contribution in [-0.4, -0.2) is 12.6 Å². The second-order valence-corrected chi connectivity index (χ2v) is 4.19. The van der Waals surface area contributed by atoms with E-state index in [1.54, 1.807) is 17.4 Å². The summed E-state index contributed by atoms with van der Waals surface area (Å²) in [5.41, 5.74) is 1.57. The molecule has 16 heavy (non-hydrogen) atoms. The standard InChI is InChI=1S/C13H12O2S/c1-2-15-13(14)11-7-4-3-6-10(11)12-8-5-9-16-12/h3-9H,2H2,1H3. The zero-order valence-corrected chi connectivity index (χ0v) is 9.79. The summed E-state index contributed by atoms with van der Waals surface area (Å²) in [4.78, 5) is 12.8. The van der Waals surface area contributed by atoms with E-state index in [4.69, 9.17) is 4.74 Å². The molecule has 3 heteroatoms. The highest BCUT2D eigenvalue weighted by Crippen LogP contribution is 2.28. The van der Waals surface area contributed by atoms with Gasteiger partial charge in [0, 0.05) is 10.4 Å². The quantitative estimate of drug-likeness (QED) is 0.756. The van der Waals surface area contributed by atoms with Crippen LogP contribution in [-0.2, 0) is 4.74 Å². The number of thiophene rings is 1. The number of carbonyl (C=O) groups excluding carboxylic acids is 1. The Hall–Kier alpha value is -1.61. The van der Waals surface area contributed by atoms with Gasteiger partial charge in [-0.3, -0.25) is 0 Å². The van der Waals surface area contributed by atoms with Crippen molar-refractivity contribution in [3.05, 3.63) is 47.3 Å². The van der Waals surface area contributed by atoms with Gasteiger partial charge < -0.3 is 4.74 Å². The highest BCUT2D eigenvalue weighted by molar-refractivity contribution is 7.13. The number of carbonyl (C=O) groups is 1. The predicted octanol–water partition coefficient (Wildman–Crippen LogP) is 3.59. The third kappa shape index (κ3) is 2.14. The van der Waals surface area contributed by atoms with Crippen molar-refractivity contribution in [1.82, 2.24) is 0 Å². The van der Waals surface area contributed by atoms with Gasteiger partial charge >= 0.3 is 5.97 Å². The molecule has 0 aliphatic heterocycles. The van der Waals surface area contributed by atoms with Crippen molar-refractivity contribution >= 4 is 17.3 Å². The van der Waals surface area contributed by atoms with Crippen LogP contribution in [0.1, 0.15) is 17.3 Å². The van der Waals surface area contributed by atoms with Gasteiger partial charge in [0.15, 0.2) is 0 Å². The highest BCUT2D eigenvalue weighted by Gasteiger charge is 2.13. The number of rotatable bonds is 3. The fraction of sp³-hybridized carbons (Fsp3) is 0.154. The minimum atomic E-state index is -0.258. The van der Waals surface area contributed by atoms with Crippen molar-refractivity contribution in [2.24, 2.45) is 0 Å². The molecule has 0 spiro atoms. The molecule has 0 saturated carbocycles. The van der Waals surface area contributed by atoms with E-state index in [0.717, 1.165) is 10.4 Å². The summed E-state index contributed by atoms with van der Waals surface area (Å²) in [5, 5.41) is 2.00. The molecule has 1 aromatic heterocycles. The van der Waals surface area contributed by atoms with Crippen LogP contribution in [0.4, 0.5) is 0 Å². The topological polar surface area (TPSA) is 26.3 Å². The van der Waals surface area contributed by atoms with Crippen molar-refractivity contribution in [1.29, 1.82) is 0 Å². The number of benzene rings is 1. The molecule has 0 bridgehead atoms. The predicted molar refractivity (Wildman–Crippen MR) is 65.7 cm³/mol. The highest BCUT2D eigenvalue weighted by atomic mass is 32.1. The number of hydrogen-bond donors (Lipinski definition) is 0. The van der Waals surface area contributed by atoms with E-state index in [-0.39, 0.29) is 5.97 Å². The maximum Gasteiger partial charge on any atom is 0.338 e. The van der Waals surface area contributed by atoms with Gasteiger partial charge in [-0.25, -0.2) is 4.79 Å². The Balaban J connectivity index is 2.42. The lowest BCUT2D eigenvalue weighted by atomic mass is 10.1. The summed E-state index contributed by atoms with van der Waals surface area (Å²) >= 11 is 1.62. The lowest BCUT2D eigenvalue weighted by molar-refractivity contribution is 0.0527. The van der Waals surface area contributed by atoms with Gasteiger partial charge in [-0.1, -0.05) is 24.3 Å². The van der Waals surface area contributed by atoms with Crippen molar-refractivity contribution in [2.75, 3.05) is 6.61 Å². The van der Waals surface area contributed by atoms with Crippen LogP contribution in [0.15, 0.2) is 41.8 Å². The largest absolute Gasteiger partial charge is 0.462 e. The molecule has 82 valence electrons. The van der Waals surface area contributed by atoms with Crippen LogP contribution < -0.4 is 0 Å². The van der Waals surface area contributed by atoms with Gasteiger partial charge in [0.05, 0.1) is 12.2 Å². The number of ether oxygens (including phenoxy) is 1. The van der Waals surface area contributed by atoms with Crippen LogP contribution in [0.5, 0.6) is 0 Å². The molecule has 0 aliphatic carbocycles. The van der Waals surface area contributed by atoms with E-state index in [0.29, 0.717) is 12.2 Å². The van der Waals surface area contributed by atoms with Gasteiger partial charge in [-0.15, -0.1) is 11.3 Å². The first-order valence-corrected chi connectivity index (χ1v) is 6.01. The zero-order valence-electron chi connectivity index (χ0n) is 8.97. The Kier molecular flexibility index (Phi) is 3.37.